The van der Waals surface area contributed by atoms with Crippen molar-refractivity contribution in [3.05, 3.63) is 28.3 Å². The van der Waals surface area contributed by atoms with E-state index in [1.54, 1.807) is 10.7 Å². The highest BCUT2D eigenvalue weighted by Crippen LogP contribution is 2.44. The predicted octanol–water partition coefficient (Wildman–Crippen LogP) is 3.87. The van der Waals surface area contributed by atoms with Gasteiger partial charge in [0.1, 0.15) is 0 Å². The maximum atomic E-state index is 12.4. The van der Waals surface area contributed by atoms with Crippen molar-refractivity contribution in [1.29, 1.82) is 0 Å². The summed E-state index contributed by atoms with van der Waals surface area (Å²) in [6.07, 6.45) is 2.74. The van der Waals surface area contributed by atoms with E-state index in [2.05, 4.69) is 21.0 Å². The molecule has 4 rings (SSSR count). The number of benzene rings is 1. The number of nitrogens with zero attached hydrogens (tertiary/aromatic N) is 2. The molecule has 1 aromatic heterocycles. The van der Waals surface area contributed by atoms with Crippen LogP contribution >= 0.6 is 27.5 Å². The molecule has 1 unspecified atom stereocenters. The van der Waals surface area contributed by atoms with Gasteiger partial charge in [-0.2, -0.15) is 5.10 Å². The monoisotopic (exact) mass is 402 g/mol. The van der Waals surface area contributed by atoms with Crippen LogP contribution in [0.3, 0.4) is 0 Å². The van der Waals surface area contributed by atoms with Gasteiger partial charge in [0, 0.05) is 16.7 Å². The second kappa shape index (κ2) is 5.06. The normalized spacial score (nSPS) is 23.5. The third kappa shape index (κ3) is 2.06. The van der Waals surface area contributed by atoms with Gasteiger partial charge in [-0.05, 0) is 41.3 Å². The van der Waals surface area contributed by atoms with Gasteiger partial charge in [-0.25, -0.2) is 13.1 Å². The van der Waals surface area contributed by atoms with Gasteiger partial charge in [-0.3, -0.25) is 0 Å². The largest absolute Gasteiger partial charge is 0.356 e. The summed E-state index contributed by atoms with van der Waals surface area (Å²) >= 11 is 9.56. The number of sulfone groups is 1. The molecule has 2 aromatic rings. The zero-order chi connectivity index (χ0) is 15.5. The van der Waals surface area contributed by atoms with Gasteiger partial charge < -0.3 is 4.74 Å². The van der Waals surface area contributed by atoms with E-state index in [0.29, 0.717) is 27.6 Å². The lowest BCUT2D eigenvalue weighted by Gasteiger charge is -2.23. The fraction of sp³-hybridized carbons (Fsp3) is 0.357. The highest BCUT2D eigenvalue weighted by molar-refractivity contribution is 9.15. The Bertz CT molecular complexity index is 914. The van der Waals surface area contributed by atoms with Crippen LogP contribution in [0.4, 0.5) is 0 Å². The van der Waals surface area contributed by atoms with Crippen LogP contribution in [0.5, 0.6) is 0 Å². The molecule has 0 spiro atoms. The van der Waals surface area contributed by atoms with E-state index >= 15 is 0 Å². The minimum absolute atomic E-state index is 0.192. The number of aromatic nitrogens is 2. The van der Waals surface area contributed by atoms with E-state index in [9.17, 15) is 8.42 Å². The molecular formula is C14H12BrClN2O3S. The number of rotatable bonds is 1. The van der Waals surface area contributed by atoms with Crippen LogP contribution in [0, 0.1) is 0 Å². The van der Waals surface area contributed by atoms with Gasteiger partial charge in [0.05, 0.1) is 21.2 Å². The van der Waals surface area contributed by atoms with Crippen LogP contribution in [0.15, 0.2) is 22.4 Å². The van der Waals surface area contributed by atoms with Gasteiger partial charge in [0.15, 0.2) is 11.4 Å². The molecule has 22 heavy (non-hydrogen) atoms. The number of ether oxygens (including phenoxy) is 1. The highest BCUT2D eigenvalue weighted by Gasteiger charge is 2.32. The highest BCUT2D eigenvalue weighted by atomic mass is 79.9. The first-order valence-corrected chi connectivity index (χ1v) is 9.66. The van der Waals surface area contributed by atoms with E-state index in [1.807, 2.05) is 6.07 Å². The van der Waals surface area contributed by atoms with Gasteiger partial charge in [0.2, 0.25) is 9.84 Å². The molecule has 1 saturated heterocycles. The summed E-state index contributed by atoms with van der Waals surface area (Å²) in [5, 5.41) is 6.21. The van der Waals surface area contributed by atoms with Crippen LogP contribution in [0.2, 0.25) is 5.15 Å². The molecular weight excluding hydrogens is 392 g/mol. The van der Waals surface area contributed by atoms with Gasteiger partial charge in [-0.15, -0.1) is 0 Å². The maximum absolute atomic E-state index is 12.4. The minimum Gasteiger partial charge on any atom is -0.356 e. The summed E-state index contributed by atoms with van der Waals surface area (Å²) < 4.78 is 32.8. The molecule has 0 saturated carbocycles. The molecule has 3 heterocycles. The van der Waals surface area contributed by atoms with Crippen molar-refractivity contribution in [3.8, 4) is 0 Å². The van der Waals surface area contributed by atoms with Crippen LogP contribution in [0.1, 0.15) is 31.1 Å². The maximum Gasteiger partial charge on any atom is 0.202 e. The van der Waals surface area contributed by atoms with Crippen molar-refractivity contribution in [2.24, 2.45) is 0 Å². The second-order valence-corrected chi connectivity index (χ2v) is 8.35. The second-order valence-electron chi connectivity index (χ2n) is 5.40. The Hall–Kier alpha value is -0.890. The van der Waals surface area contributed by atoms with Crippen LogP contribution < -0.4 is 0 Å². The zero-order valence-electron chi connectivity index (χ0n) is 11.4. The summed E-state index contributed by atoms with van der Waals surface area (Å²) in [5.41, 5.74) is 1.31. The molecule has 0 radical (unpaired) electrons. The fourth-order valence-corrected chi connectivity index (χ4v) is 6.06. The minimum atomic E-state index is -3.51. The quantitative estimate of drug-likeness (QED) is 0.725. The Morgan fingerprint density at radius 3 is 2.91 bits per heavy atom. The van der Waals surface area contributed by atoms with E-state index in [0.717, 1.165) is 19.3 Å². The van der Waals surface area contributed by atoms with E-state index in [1.165, 1.54) is 5.41 Å². The summed E-state index contributed by atoms with van der Waals surface area (Å²) in [6, 6.07) is 3.63. The van der Waals surface area contributed by atoms with Crippen molar-refractivity contribution in [2.45, 2.75) is 30.4 Å². The molecule has 0 amide bonds. The molecule has 1 atom stereocenters. The Balaban J connectivity index is 1.99. The smallest absolute Gasteiger partial charge is 0.202 e. The lowest BCUT2D eigenvalue weighted by Crippen LogP contribution is -2.19. The van der Waals surface area contributed by atoms with Crippen LogP contribution in [-0.2, 0) is 14.6 Å². The molecule has 0 bridgehead atoms. The first-order valence-electron chi connectivity index (χ1n) is 6.94. The fourth-order valence-electron chi connectivity index (χ4n) is 3.04. The topological polar surface area (TPSA) is 61.2 Å². The van der Waals surface area contributed by atoms with Crippen LogP contribution in [-0.4, -0.2) is 24.8 Å². The van der Waals surface area contributed by atoms with Crippen molar-refractivity contribution in [1.82, 2.24) is 9.78 Å². The zero-order valence-corrected chi connectivity index (χ0v) is 14.6. The van der Waals surface area contributed by atoms with E-state index in [-0.39, 0.29) is 16.3 Å². The third-order valence-corrected chi connectivity index (χ3v) is 6.78. The number of fused-ring (bicyclic) bond motifs is 3. The Morgan fingerprint density at radius 2 is 2.18 bits per heavy atom. The molecule has 0 N–H and O–H groups in total. The van der Waals surface area contributed by atoms with Gasteiger partial charge >= 0.3 is 0 Å². The van der Waals surface area contributed by atoms with Crippen molar-refractivity contribution >= 4 is 52.8 Å². The SMILES string of the molecule is O=S1(=O)C=C(Br)c2ccc3c(c(Cl)nn3C3CCCCO3)c21. The summed E-state index contributed by atoms with van der Waals surface area (Å²) in [7, 11) is -3.51. The standard InChI is InChI=1S/C14H12BrClN2O3S/c15-9-7-22(19,20)13-8(9)4-5-10-12(13)14(16)17-18(10)11-3-1-2-6-21-11/h4-5,7,11H,1-3,6H2. The molecule has 116 valence electrons. The molecule has 1 aromatic carbocycles. The van der Waals surface area contributed by atoms with Gasteiger partial charge in [0.25, 0.3) is 0 Å². The third-order valence-electron chi connectivity index (χ3n) is 4.01. The number of hydrogen-bond donors (Lipinski definition) is 0. The number of hydrogen-bond acceptors (Lipinski definition) is 4. The molecule has 1 fully saturated rings. The lowest BCUT2D eigenvalue weighted by atomic mass is 10.1. The summed E-state index contributed by atoms with van der Waals surface area (Å²) in [5.74, 6) is 0. The predicted molar refractivity (Wildman–Crippen MR) is 87.7 cm³/mol. The van der Waals surface area contributed by atoms with Crippen molar-refractivity contribution < 1.29 is 13.2 Å². The molecule has 2 aliphatic heterocycles. The van der Waals surface area contributed by atoms with Crippen LogP contribution in [0.25, 0.3) is 15.4 Å². The number of halogens is 2. The Labute approximate surface area is 140 Å². The van der Waals surface area contributed by atoms with E-state index in [4.69, 9.17) is 16.3 Å². The van der Waals surface area contributed by atoms with Crippen molar-refractivity contribution in [2.75, 3.05) is 6.61 Å². The summed E-state index contributed by atoms with van der Waals surface area (Å²) in [6.45, 7) is 0.681. The Morgan fingerprint density at radius 1 is 1.36 bits per heavy atom. The summed E-state index contributed by atoms with van der Waals surface area (Å²) in [4.78, 5) is 0.226. The van der Waals surface area contributed by atoms with Crippen molar-refractivity contribution in [3.63, 3.8) is 0 Å². The average Bonchev–Trinajstić information content (AvgIpc) is 2.95. The molecule has 2 aliphatic rings. The Kier molecular flexibility index (Phi) is 3.38. The lowest BCUT2D eigenvalue weighted by molar-refractivity contribution is -0.0366. The molecule has 0 aliphatic carbocycles. The molecule has 5 nitrogen and oxygen atoms in total. The van der Waals surface area contributed by atoms with E-state index < -0.39 is 9.84 Å². The first kappa shape index (κ1) is 14.7. The first-order chi connectivity index (χ1) is 10.5. The van der Waals surface area contributed by atoms with Gasteiger partial charge in [-0.1, -0.05) is 17.7 Å². The molecule has 8 heteroatoms. The average molecular weight is 404 g/mol.